The zero-order valence-electron chi connectivity index (χ0n) is 9.93. The summed E-state index contributed by atoms with van der Waals surface area (Å²) in [6.07, 6.45) is 7.14. The van der Waals surface area contributed by atoms with E-state index in [9.17, 15) is 0 Å². The Bertz CT molecular complexity index is 519. The van der Waals surface area contributed by atoms with Gasteiger partial charge < -0.3 is 9.88 Å². The summed E-state index contributed by atoms with van der Waals surface area (Å²) in [5.74, 6) is 2.09. The van der Waals surface area contributed by atoms with Crippen LogP contribution in [0.15, 0.2) is 18.5 Å². The number of nitrogens with zero attached hydrogens (tertiary/aromatic N) is 4. The molecule has 0 radical (unpaired) electrons. The molecule has 5 nitrogen and oxygen atoms in total. The number of rotatable bonds is 2. The predicted octanol–water partition coefficient (Wildman–Crippen LogP) is 2.51. The molecule has 0 saturated carbocycles. The summed E-state index contributed by atoms with van der Waals surface area (Å²) in [5, 5.41) is 0.456. The Kier molecular flexibility index (Phi) is 3.15. The van der Waals surface area contributed by atoms with Crippen molar-refractivity contribution in [2.24, 2.45) is 0 Å². The van der Waals surface area contributed by atoms with Gasteiger partial charge in [-0.1, -0.05) is 11.6 Å². The number of aromatic amines is 1. The number of halogens is 1. The topological polar surface area (TPSA) is 57.7 Å². The molecule has 0 amide bonds. The highest BCUT2D eigenvalue weighted by atomic mass is 35.5. The lowest BCUT2D eigenvalue weighted by Crippen LogP contribution is -2.30. The van der Waals surface area contributed by atoms with E-state index in [0.717, 1.165) is 18.9 Å². The molecule has 2 aromatic rings. The van der Waals surface area contributed by atoms with Gasteiger partial charge in [-0.2, -0.15) is 0 Å². The molecule has 0 aliphatic carbocycles. The molecule has 1 saturated heterocycles. The van der Waals surface area contributed by atoms with Crippen LogP contribution in [0.25, 0.3) is 11.6 Å². The van der Waals surface area contributed by atoms with Crippen molar-refractivity contribution >= 4 is 17.4 Å². The van der Waals surface area contributed by atoms with Crippen LogP contribution >= 0.6 is 11.6 Å². The van der Waals surface area contributed by atoms with Crippen LogP contribution in [-0.2, 0) is 0 Å². The minimum absolute atomic E-state index is 0.456. The zero-order chi connectivity index (χ0) is 12.4. The molecule has 1 N–H and O–H groups in total. The molecule has 0 aromatic carbocycles. The maximum atomic E-state index is 6.07. The SMILES string of the molecule is Clc1cc(N2CCCCC2)nc(-c2ncc[nH]2)n1. The number of nitrogens with one attached hydrogen (secondary N) is 1. The fraction of sp³-hybridized carbons (Fsp3) is 0.417. The number of hydrogen-bond donors (Lipinski definition) is 1. The molecular formula is C12H14ClN5. The third-order valence-corrected chi connectivity index (χ3v) is 3.27. The Morgan fingerprint density at radius 2 is 2.00 bits per heavy atom. The zero-order valence-corrected chi connectivity index (χ0v) is 10.7. The number of piperidine rings is 1. The number of hydrogen-bond acceptors (Lipinski definition) is 4. The summed E-state index contributed by atoms with van der Waals surface area (Å²) in [6.45, 7) is 2.07. The smallest absolute Gasteiger partial charge is 0.199 e. The Morgan fingerprint density at radius 3 is 2.72 bits per heavy atom. The Labute approximate surface area is 110 Å². The van der Waals surface area contributed by atoms with Crippen LogP contribution in [0.2, 0.25) is 5.15 Å². The van der Waals surface area contributed by atoms with Crippen LogP contribution in [0.1, 0.15) is 19.3 Å². The number of imidazole rings is 1. The average Bonchev–Trinajstić information content (AvgIpc) is 2.93. The molecule has 3 heterocycles. The summed E-state index contributed by atoms with van der Waals surface area (Å²) in [6, 6.07) is 1.82. The second kappa shape index (κ2) is 4.94. The van der Waals surface area contributed by atoms with Crippen molar-refractivity contribution in [1.82, 2.24) is 19.9 Å². The third kappa shape index (κ3) is 2.31. The summed E-state index contributed by atoms with van der Waals surface area (Å²) >= 11 is 6.07. The molecule has 3 rings (SSSR count). The van der Waals surface area contributed by atoms with Crippen LogP contribution in [-0.4, -0.2) is 33.0 Å². The summed E-state index contributed by atoms with van der Waals surface area (Å²) < 4.78 is 0. The van der Waals surface area contributed by atoms with Gasteiger partial charge in [-0.3, -0.25) is 0 Å². The number of anilines is 1. The number of aromatic nitrogens is 4. The summed E-state index contributed by atoms with van der Waals surface area (Å²) in [7, 11) is 0. The van der Waals surface area contributed by atoms with Crippen LogP contribution in [0.4, 0.5) is 5.82 Å². The van der Waals surface area contributed by atoms with Gasteiger partial charge in [0, 0.05) is 31.5 Å². The Hall–Kier alpha value is -1.62. The maximum absolute atomic E-state index is 6.07. The fourth-order valence-corrected chi connectivity index (χ4v) is 2.36. The van der Waals surface area contributed by atoms with E-state index >= 15 is 0 Å². The van der Waals surface area contributed by atoms with E-state index in [1.54, 1.807) is 12.4 Å². The van der Waals surface area contributed by atoms with E-state index in [1.807, 2.05) is 6.07 Å². The van der Waals surface area contributed by atoms with Gasteiger partial charge in [0.05, 0.1) is 0 Å². The van der Waals surface area contributed by atoms with E-state index in [0.29, 0.717) is 16.8 Å². The molecule has 0 atom stereocenters. The van der Waals surface area contributed by atoms with Crippen LogP contribution in [0.5, 0.6) is 0 Å². The van der Waals surface area contributed by atoms with E-state index in [1.165, 1.54) is 19.3 Å². The Morgan fingerprint density at radius 1 is 1.17 bits per heavy atom. The van der Waals surface area contributed by atoms with Crippen molar-refractivity contribution < 1.29 is 0 Å². The molecule has 1 aliphatic heterocycles. The molecule has 1 aliphatic rings. The fourth-order valence-electron chi connectivity index (χ4n) is 2.18. The normalized spacial score (nSPS) is 15.9. The maximum Gasteiger partial charge on any atom is 0.199 e. The Balaban J connectivity index is 1.95. The van der Waals surface area contributed by atoms with E-state index in [4.69, 9.17) is 11.6 Å². The van der Waals surface area contributed by atoms with Gasteiger partial charge in [0.1, 0.15) is 11.0 Å². The van der Waals surface area contributed by atoms with Gasteiger partial charge in [-0.05, 0) is 19.3 Å². The lowest BCUT2D eigenvalue weighted by Gasteiger charge is -2.27. The molecule has 94 valence electrons. The van der Waals surface area contributed by atoms with Gasteiger partial charge in [-0.25, -0.2) is 15.0 Å². The van der Waals surface area contributed by atoms with Gasteiger partial charge >= 0.3 is 0 Å². The van der Waals surface area contributed by atoms with Gasteiger partial charge in [-0.15, -0.1) is 0 Å². The minimum atomic E-state index is 0.456. The van der Waals surface area contributed by atoms with Crippen molar-refractivity contribution in [3.8, 4) is 11.6 Å². The van der Waals surface area contributed by atoms with Gasteiger partial charge in [0.25, 0.3) is 0 Å². The summed E-state index contributed by atoms with van der Waals surface area (Å²) in [4.78, 5) is 18.1. The molecule has 0 bridgehead atoms. The highest BCUT2D eigenvalue weighted by Crippen LogP contribution is 2.23. The second-order valence-corrected chi connectivity index (χ2v) is 4.75. The second-order valence-electron chi connectivity index (χ2n) is 4.36. The lowest BCUT2D eigenvalue weighted by atomic mass is 10.1. The molecule has 6 heteroatoms. The largest absolute Gasteiger partial charge is 0.356 e. The van der Waals surface area contributed by atoms with Crippen molar-refractivity contribution in [2.45, 2.75) is 19.3 Å². The average molecular weight is 264 g/mol. The molecule has 0 spiro atoms. The van der Waals surface area contributed by atoms with Crippen LogP contribution < -0.4 is 4.90 Å². The third-order valence-electron chi connectivity index (χ3n) is 3.07. The van der Waals surface area contributed by atoms with Crippen molar-refractivity contribution in [3.63, 3.8) is 0 Å². The van der Waals surface area contributed by atoms with Crippen molar-refractivity contribution in [2.75, 3.05) is 18.0 Å². The first-order valence-corrected chi connectivity index (χ1v) is 6.50. The highest BCUT2D eigenvalue weighted by Gasteiger charge is 2.15. The summed E-state index contributed by atoms with van der Waals surface area (Å²) in [5.41, 5.74) is 0. The van der Waals surface area contributed by atoms with Gasteiger partial charge in [0.15, 0.2) is 11.6 Å². The van der Waals surface area contributed by atoms with Gasteiger partial charge in [0.2, 0.25) is 0 Å². The van der Waals surface area contributed by atoms with E-state index in [2.05, 4.69) is 24.8 Å². The first kappa shape index (κ1) is 11.5. The quantitative estimate of drug-likeness (QED) is 0.846. The number of H-pyrrole nitrogens is 1. The van der Waals surface area contributed by atoms with E-state index in [-0.39, 0.29) is 0 Å². The molecule has 18 heavy (non-hydrogen) atoms. The minimum Gasteiger partial charge on any atom is -0.356 e. The highest BCUT2D eigenvalue weighted by molar-refractivity contribution is 6.29. The molecule has 2 aromatic heterocycles. The van der Waals surface area contributed by atoms with Crippen LogP contribution in [0, 0.1) is 0 Å². The van der Waals surface area contributed by atoms with E-state index < -0.39 is 0 Å². The monoisotopic (exact) mass is 263 g/mol. The van der Waals surface area contributed by atoms with Crippen LogP contribution in [0.3, 0.4) is 0 Å². The molecule has 0 unspecified atom stereocenters. The molecular weight excluding hydrogens is 250 g/mol. The van der Waals surface area contributed by atoms with Crippen molar-refractivity contribution in [1.29, 1.82) is 0 Å². The first-order valence-electron chi connectivity index (χ1n) is 6.12. The first-order chi connectivity index (χ1) is 8.83. The standard InChI is InChI=1S/C12H14ClN5/c13-9-8-10(18-6-2-1-3-7-18)17-12(16-9)11-14-4-5-15-11/h4-5,8H,1-3,6-7H2,(H,14,15). The predicted molar refractivity (Wildman–Crippen MR) is 70.7 cm³/mol. The molecule has 1 fully saturated rings. The van der Waals surface area contributed by atoms with Crippen molar-refractivity contribution in [3.05, 3.63) is 23.6 Å². The lowest BCUT2D eigenvalue weighted by molar-refractivity contribution is 0.573.